The molecule has 0 saturated heterocycles. The van der Waals surface area contributed by atoms with Crippen LogP contribution in [-0.2, 0) is 5.41 Å². The van der Waals surface area contributed by atoms with E-state index in [-0.39, 0.29) is 11.5 Å². The summed E-state index contributed by atoms with van der Waals surface area (Å²) in [4.78, 5) is 0. The first kappa shape index (κ1) is 11.9. The van der Waals surface area contributed by atoms with Gasteiger partial charge in [0.05, 0.1) is 18.6 Å². The molecule has 1 aromatic heterocycles. The monoisotopic (exact) mass is 229 g/mol. The Bertz CT molecular complexity index is 463. The van der Waals surface area contributed by atoms with Gasteiger partial charge in [-0.25, -0.2) is 0 Å². The van der Waals surface area contributed by atoms with Crippen LogP contribution in [0.2, 0.25) is 0 Å². The first-order chi connectivity index (χ1) is 7.98. The van der Waals surface area contributed by atoms with E-state index in [0.29, 0.717) is 0 Å². The van der Waals surface area contributed by atoms with Crippen molar-refractivity contribution >= 4 is 0 Å². The Labute approximate surface area is 102 Å². The number of hydrogen-bond donors (Lipinski definition) is 1. The van der Waals surface area contributed by atoms with Gasteiger partial charge in [0, 0.05) is 5.56 Å². The molecule has 2 N–H and O–H groups in total. The van der Waals surface area contributed by atoms with Gasteiger partial charge in [-0.15, -0.1) is 0 Å². The van der Waals surface area contributed by atoms with Gasteiger partial charge in [-0.2, -0.15) is 0 Å². The van der Waals surface area contributed by atoms with Gasteiger partial charge in [0.15, 0.2) is 0 Å². The SMILES string of the molecule is CC(C)(C)c1ccc(C(N)c2ccoc2)cc1. The molecule has 17 heavy (non-hydrogen) atoms. The van der Waals surface area contributed by atoms with Crippen molar-refractivity contribution in [3.8, 4) is 0 Å². The van der Waals surface area contributed by atoms with Crippen molar-refractivity contribution in [2.45, 2.75) is 32.2 Å². The molecule has 0 radical (unpaired) electrons. The minimum absolute atomic E-state index is 0.109. The molecule has 2 heteroatoms. The van der Waals surface area contributed by atoms with E-state index in [4.69, 9.17) is 10.2 Å². The molecular weight excluding hydrogens is 210 g/mol. The van der Waals surface area contributed by atoms with Crippen LogP contribution in [0.25, 0.3) is 0 Å². The largest absolute Gasteiger partial charge is 0.472 e. The van der Waals surface area contributed by atoms with Crippen molar-refractivity contribution in [1.82, 2.24) is 0 Å². The molecule has 0 aliphatic heterocycles. The van der Waals surface area contributed by atoms with E-state index in [1.807, 2.05) is 6.07 Å². The molecule has 0 saturated carbocycles. The van der Waals surface area contributed by atoms with Crippen LogP contribution in [0.5, 0.6) is 0 Å². The molecule has 0 bridgehead atoms. The van der Waals surface area contributed by atoms with Crippen LogP contribution < -0.4 is 5.73 Å². The van der Waals surface area contributed by atoms with Crippen LogP contribution in [0, 0.1) is 0 Å². The van der Waals surface area contributed by atoms with Crippen molar-refractivity contribution in [1.29, 1.82) is 0 Å². The van der Waals surface area contributed by atoms with Gasteiger partial charge < -0.3 is 10.2 Å². The number of hydrogen-bond acceptors (Lipinski definition) is 2. The Morgan fingerprint density at radius 2 is 1.65 bits per heavy atom. The summed E-state index contributed by atoms with van der Waals surface area (Å²) >= 11 is 0. The zero-order valence-electron chi connectivity index (χ0n) is 10.6. The van der Waals surface area contributed by atoms with E-state index >= 15 is 0 Å². The molecule has 0 spiro atoms. The molecule has 2 nitrogen and oxygen atoms in total. The Morgan fingerprint density at radius 1 is 1.00 bits per heavy atom. The summed E-state index contributed by atoms with van der Waals surface area (Å²) in [5.74, 6) is 0. The molecule has 2 aromatic rings. The van der Waals surface area contributed by atoms with Crippen molar-refractivity contribution in [2.24, 2.45) is 5.73 Å². The lowest BCUT2D eigenvalue weighted by molar-refractivity contribution is 0.562. The minimum atomic E-state index is -0.109. The molecule has 1 aromatic carbocycles. The van der Waals surface area contributed by atoms with Gasteiger partial charge in [-0.05, 0) is 22.6 Å². The second-order valence-electron chi connectivity index (χ2n) is 5.41. The fraction of sp³-hybridized carbons (Fsp3) is 0.333. The third-order valence-electron chi connectivity index (χ3n) is 3.04. The Kier molecular flexibility index (Phi) is 3.07. The molecule has 0 aliphatic carbocycles. The van der Waals surface area contributed by atoms with Gasteiger partial charge in [-0.1, -0.05) is 45.0 Å². The van der Waals surface area contributed by atoms with Crippen molar-refractivity contribution in [3.63, 3.8) is 0 Å². The lowest BCUT2D eigenvalue weighted by Crippen LogP contribution is -2.13. The molecule has 2 rings (SSSR count). The molecule has 0 fully saturated rings. The smallest absolute Gasteiger partial charge is 0.0953 e. The van der Waals surface area contributed by atoms with E-state index in [1.165, 1.54) is 5.56 Å². The summed E-state index contributed by atoms with van der Waals surface area (Å²) < 4.78 is 5.06. The third-order valence-corrected chi connectivity index (χ3v) is 3.04. The van der Waals surface area contributed by atoms with Crippen LogP contribution in [0.1, 0.15) is 43.5 Å². The van der Waals surface area contributed by atoms with Crippen LogP contribution in [0.3, 0.4) is 0 Å². The standard InChI is InChI=1S/C15H19NO/c1-15(2,3)13-6-4-11(5-7-13)14(16)12-8-9-17-10-12/h4-10,14H,16H2,1-3H3. The Hall–Kier alpha value is -1.54. The highest BCUT2D eigenvalue weighted by molar-refractivity contribution is 5.33. The van der Waals surface area contributed by atoms with Crippen LogP contribution in [0.15, 0.2) is 47.3 Å². The van der Waals surface area contributed by atoms with Gasteiger partial charge in [0.25, 0.3) is 0 Å². The number of nitrogens with two attached hydrogens (primary N) is 1. The maximum atomic E-state index is 6.16. The van der Waals surface area contributed by atoms with Gasteiger partial charge >= 0.3 is 0 Å². The second-order valence-corrected chi connectivity index (χ2v) is 5.41. The first-order valence-electron chi connectivity index (χ1n) is 5.86. The predicted octanol–water partition coefficient (Wildman–Crippen LogP) is 3.63. The van der Waals surface area contributed by atoms with E-state index < -0.39 is 0 Å². The van der Waals surface area contributed by atoms with Crippen molar-refractivity contribution in [2.75, 3.05) is 0 Å². The fourth-order valence-electron chi connectivity index (χ4n) is 1.83. The fourth-order valence-corrected chi connectivity index (χ4v) is 1.83. The first-order valence-corrected chi connectivity index (χ1v) is 5.86. The highest BCUT2D eigenvalue weighted by atomic mass is 16.3. The van der Waals surface area contributed by atoms with E-state index in [2.05, 4.69) is 45.0 Å². The number of furan rings is 1. The van der Waals surface area contributed by atoms with E-state index in [0.717, 1.165) is 11.1 Å². The summed E-state index contributed by atoms with van der Waals surface area (Å²) in [7, 11) is 0. The molecule has 0 amide bonds. The van der Waals surface area contributed by atoms with E-state index in [9.17, 15) is 0 Å². The maximum absolute atomic E-state index is 6.16. The molecule has 0 aliphatic rings. The normalized spacial score (nSPS) is 13.6. The quantitative estimate of drug-likeness (QED) is 0.854. The summed E-state index contributed by atoms with van der Waals surface area (Å²) in [6.07, 6.45) is 3.35. The molecule has 90 valence electrons. The highest BCUT2D eigenvalue weighted by Gasteiger charge is 2.15. The predicted molar refractivity (Wildman–Crippen MR) is 69.9 cm³/mol. The summed E-state index contributed by atoms with van der Waals surface area (Å²) in [5.41, 5.74) is 9.78. The zero-order valence-corrected chi connectivity index (χ0v) is 10.6. The van der Waals surface area contributed by atoms with Gasteiger partial charge in [0.2, 0.25) is 0 Å². The van der Waals surface area contributed by atoms with Crippen molar-refractivity contribution in [3.05, 3.63) is 59.5 Å². The highest BCUT2D eigenvalue weighted by Crippen LogP contribution is 2.25. The van der Waals surface area contributed by atoms with Crippen molar-refractivity contribution < 1.29 is 4.42 Å². The molecule has 1 unspecified atom stereocenters. The van der Waals surface area contributed by atoms with Crippen LogP contribution in [0.4, 0.5) is 0 Å². The minimum Gasteiger partial charge on any atom is -0.472 e. The average molecular weight is 229 g/mol. The third kappa shape index (κ3) is 2.59. The summed E-state index contributed by atoms with van der Waals surface area (Å²) in [5, 5.41) is 0. The van der Waals surface area contributed by atoms with Crippen LogP contribution in [-0.4, -0.2) is 0 Å². The summed E-state index contributed by atoms with van der Waals surface area (Å²) in [6, 6.07) is 10.3. The Balaban J connectivity index is 2.24. The van der Waals surface area contributed by atoms with E-state index in [1.54, 1.807) is 12.5 Å². The molecule has 1 atom stereocenters. The molecular formula is C15H19NO. The van der Waals surface area contributed by atoms with Gasteiger partial charge in [0.1, 0.15) is 0 Å². The number of benzene rings is 1. The lowest BCUT2D eigenvalue weighted by Gasteiger charge is -2.20. The maximum Gasteiger partial charge on any atom is 0.0953 e. The van der Waals surface area contributed by atoms with Crippen LogP contribution >= 0.6 is 0 Å². The second kappa shape index (κ2) is 4.38. The average Bonchev–Trinajstić information content (AvgIpc) is 2.80. The zero-order chi connectivity index (χ0) is 12.5. The Morgan fingerprint density at radius 3 is 2.12 bits per heavy atom. The summed E-state index contributed by atoms with van der Waals surface area (Å²) in [6.45, 7) is 6.62. The number of rotatable bonds is 2. The van der Waals surface area contributed by atoms with Gasteiger partial charge in [-0.3, -0.25) is 0 Å². The topological polar surface area (TPSA) is 39.2 Å². The molecule has 1 heterocycles. The lowest BCUT2D eigenvalue weighted by atomic mass is 9.86.